The Morgan fingerprint density at radius 1 is 1.33 bits per heavy atom. The van der Waals surface area contributed by atoms with Crippen LogP contribution in [0.2, 0.25) is 5.02 Å². The molecule has 1 aromatic rings. The van der Waals surface area contributed by atoms with Crippen molar-refractivity contribution in [1.29, 1.82) is 0 Å². The first-order valence-corrected chi connectivity index (χ1v) is 7.22. The molecule has 1 unspecified atom stereocenters. The third-order valence-electron chi connectivity index (χ3n) is 3.78. The van der Waals surface area contributed by atoms with Crippen LogP contribution in [-0.4, -0.2) is 11.1 Å². The molecule has 1 fully saturated rings. The van der Waals surface area contributed by atoms with Crippen LogP contribution in [0.4, 0.5) is 0 Å². The van der Waals surface area contributed by atoms with Crippen LogP contribution >= 0.6 is 11.6 Å². The summed E-state index contributed by atoms with van der Waals surface area (Å²) in [5, 5.41) is 10.4. The van der Waals surface area contributed by atoms with E-state index in [1.54, 1.807) is 0 Å². The summed E-state index contributed by atoms with van der Waals surface area (Å²) in [5.74, 6) is 0.803. The van der Waals surface area contributed by atoms with E-state index in [9.17, 15) is 5.11 Å². The van der Waals surface area contributed by atoms with Gasteiger partial charge in [-0.1, -0.05) is 36.9 Å². The molecule has 1 aromatic carbocycles. The summed E-state index contributed by atoms with van der Waals surface area (Å²) in [6.07, 6.45) is 7.08. The fourth-order valence-electron chi connectivity index (χ4n) is 2.85. The van der Waals surface area contributed by atoms with Crippen molar-refractivity contribution in [2.24, 2.45) is 5.73 Å². The smallest absolute Gasteiger partial charge is 0.137 e. The number of phenols is 1. The molecule has 0 heterocycles. The first-order valence-electron chi connectivity index (χ1n) is 6.84. The normalized spacial score (nSPS) is 18.8. The second kappa shape index (κ2) is 5.94. The second-order valence-corrected chi connectivity index (χ2v) is 5.93. The van der Waals surface area contributed by atoms with Gasteiger partial charge in [0.15, 0.2) is 0 Å². The third-order valence-corrected chi connectivity index (χ3v) is 4.07. The van der Waals surface area contributed by atoms with E-state index in [2.05, 4.69) is 6.07 Å². The minimum absolute atomic E-state index is 0.0357. The van der Waals surface area contributed by atoms with Crippen LogP contribution < -0.4 is 5.73 Å². The van der Waals surface area contributed by atoms with E-state index in [4.69, 9.17) is 17.3 Å². The van der Waals surface area contributed by atoms with Gasteiger partial charge < -0.3 is 10.8 Å². The van der Waals surface area contributed by atoms with E-state index in [0.717, 1.165) is 5.56 Å². The molecule has 2 nitrogen and oxygen atoms in total. The van der Waals surface area contributed by atoms with Crippen LogP contribution in [0.15, 0.2) is 12.1 Å². The van der Waals surface area contributed by atoms with Crippen molar-refractivity contribution in [1.82, 2.24) is 0 Å². The first kappa shape index (κ1) is 13.7. The van der Waals surface area contributed by atoms with E-state index in [1.807, 2.05) is 13.0 Å². The Bertz CT molecular complexity index is 411. The first-order chi connectivity index (χ1) is 8.58. The van der Waals surface area contributed by atoms with E-state index >= 15 is 0 Å². The lowest BCUT2D eigenvalue weighted by molar-refractivity contribution is 0.440. The summed E-state index contributed by atoms with van der Waals surface area (Å²) in [5.41, 5.74) is 7.98. The van der Waals surface area contributed by atoms with Gasteiger partial charge in [0.1, 0.15) is 5.75 Å². The molecule has 0 radical (unpaired) electrons. The van der Waals surface area contributed by atoms with Crippen molar-refractivity contribution in [3.05, 3.63) is 28.3 Å². The Balaban J connectivity index is 2.27. The van der Waals surface area contributed by atoms with Crippen molar-refractivity contribution in [3.63, 3.8) is 0 Å². The molecule has 1 aliphatic carbocycles. The van der Waals surface area contributed by atoms with Gasteiger partial charge in [0.05, 0.1) is 5.02 Å². The Morgan fingerprint density at radius 3 is 2.61 bits per heavy atom. The lowest BCUT2D eigenvalue weighted by atomic mass is 9.83. The molecule has 18 heavy (non-hydrogen) atoms. The summed E-state index contributed by atoms with van der Waals surface area (Å²) in [4.78, 5) is 0. The molecule has 0 amide bonds. The zero-order chi connectivity index (χ0) is 13.1. The Kier molecular flexibility index (Phi) is 4.52. The van der Waals surface area contributed by atoms with Gasteiger partial charge in [0.2, 0.25) is 0 Å². The lowest BCUT2D eigenvalue weighted by Crippen LogP contribution is -2.18. The van der Waals surface area contributed by atoms with Crippen molar-refractivity contribution < 1.29 is 5.11 Å². The van der Waals surface area contributed by atoms with E-state index < -0.39 is 0 Å². The number of aromatic hydroxyl groups is 1. The van der Waals surface area contributed by atoms with Gasteiger partial charge in [-0.05, 0) is 49.3 Å². The highest BCUT2D eigenvalue weighted by Crippen LogP contribution is 2.38. The number of nitrogens with two attached hydrogens (primary N) is 1. The Hall–Kier alpha value is -0.730. The number of hydrogen-bond donors (Lipinski definition) is 2. The van der Waals surface area contributed by atoms with Crippen LogP contribution in [-0.2, 0) is 6.42 Å². The van der Waals surface area contributed by atoms with Gasteiger partial charge in [-0.2, -0.15) is 0 Å². The molecule has 0 saturated heterocycles. The average molecular weight is 268 g/mol. The molecule has 2 rings (SSSR count). The Morgan fingerprint density at radius 2 is 2.00 bits per heavy atom. The molecular formula is C15H22ClNO. The zero-order valence-corrected chi connectivity index (χ0v) is 11.7. The topological polar surface area (TPSA) is 46.2 Å². The largest absolute Gasteiger partial charge is 0.506 e. The molecular weight excluding hydrogens is 246 g/mol. The van der Waals surface area contributed by atoms with Crippen LogP contribution in [0.3, 0.4) is 0 Å². The molecule has 0 aliphatic heterocycles. The molecule has 0 spiro atoms. The molecule has 1 atom stereocenters. The number of hydrogen-bond acceptors (Lipinski definition) is 2. The summed E-state index contributed by atoms with van der Waals surface area (Å²) >= 11 is 6.13. The molecule has 100 valence electrons. The third kappa shape index (κ3) is 3.18. The number of rotatable bonds is 3. The zero-order valence-electron chi connectivity index (χ0n) is 11.0. The molecule has 1 saturated carbocycles. The maximum absolute atomic E-state index is 9.98. The summed E-state index contributed by atoms with van der Waals surface area (Å²) in [7, 11) is 0. The highest BCUT2D eigenvalue weighted by Gasteiger charge is 2.18. The maximum atomic E-state index is 9.98. The van der Waals surface area contributed by atoms with Crippen molar-refractivity contribution in [2.45, 2.75) is 57.4 Å². The summed E-state index contributed by atoms with van der Waals surface area (Å²) in [6.45, 7) is 1.95. The van der Waals surface area contributed by atoms with Crippen LogP contribution in [0.5, 0.6) is 5.75 Å². The fraction of sp³-hybridized carbons (Fsp3) is 0.600. The standard InChI is InChI=1S/C15H22ClNO/c1-10(17)7-13-8-12(9-14(16)15(13)18)11-5-3-2-4-6-11/h8-11,18H,2-7,17H2,1H3. The van der Waals surface area contributed by atoms with Crippen molar-refractivity contribution >= 4 is 11.6 Å². The summed E-state index contributed by atoms with van der Waals surface area (Å²) < 4.78 is 0. The minimum atomic E-state index is 0.0357. The molecule has 1 aliphatic rings. The number of halogens is 1. The molecule has 3 heteroatoms. The van der Waals surface area contributed by atoms with Gasteiger partial charge in [-0.25, -0.2) is 0 Å². The van der Waals surface area contributed by atoms with Crippen molar-refractivity contribution in [2.75, 3.05) is 0 Å². The van der Waals surface area contributed by atoms with Gasteiger partial charge in [0, 0.05) is 6.04 Å². The quantitative estimate of drug-likeness (QED) is 0.870. The van der Waals surface area contributed by atoms with E-state index in [1.165, 1.54) is 37.7 Å². The lowest BCUT2D eigenvalue weighted by Gasteiger charge is -2.23. The summed E-state index contributed by atoms with van der Waals surface area (Å²) in [6, 6.07) is 4.06. The van der Waals surface area contributed by atoms with Crippen molar-refractivity contribution in [3.8, 4) is 5.75 Å². The highest BCUT2D eigenvalue weighted by molar-refractivity contribution is 6.32. The SMILES string of the molecule is CC(N)Cc1cc(C2CCCCC2)cc(Cl)c1O. The van der Waals surface area contributed by atoms with Gasteiger partial charge in [-0.15, -0.1) is 0 Å². The van der Waals surface area contributed by atoms with Crippen LogP contribution in [0.25, 0.3) is 0 Å². The number of phenolic OH excluding ortho intramolecular Hbond substituents is 1. The van der Waals surface area contributed by atoms with Gasteiger partial charge in [0.25, 0.3) is 0 Å². The monoisotopic (exact) mass is 267 g/mol. The molecule has 3 N–H and O–H groups in total. The van der Waals surface area contributed by atoms with Gasteiger partial charge >= 0.3 is 0 Å². The minimum Gasteiger partial charge on any atom is -0.506 e. The predicted octanol–water partition coefficient (Wildman–Crippen LogP) is 3.98. The van der Waals surface area contributed by atoms with E-state index in [-0.39, 0.29) is 11.8 Å². The molecule has 0 aromatic heterocycles. The highest BCUT2D eigenvalue weighted by atomic mass is 35.5. The predicted molar refractivity (Wildman–Crippen MR) is 76.3 cm³/mol. The van der Waals surface area contributed by atoms with Crippen LogP contribution in [0, 0.1) is 0 Å². The maximum Gasteiger partial charge on any atom is 0.137 e. The fourth-order valence-corrected chi connectivity index (χ4v) is 3.10. The number of benzene rings is 1. The van der Waals surface area contributed by atoms with Gasteiger partial charge in [-0.3, -0.25) is 0 Å². The van der Waals surface area contributed by atoms with Crippen LogP contribution in [0.1, 0.15) is 56.1 Å². The molecule has 0 bridgehead atoms. The second-order valence-electron chi connectivity index (χ2n) is 5.53. The Labute approximate surface area is 114 Å². The van der Waals surface area contributed by atoms with E-state index in [0.29, 0.717) is 17.4 Å². The average Bonchev–Trinajstić information content (AvgIpc) is 2.35.